The minimum Gasteiger partial charge on any atom is -0.480 e. The highest BCUT2D eigenvalue weighted by Gasteiger charge is 2.18. The summed E-state index contributed by atoms with van der Waals surface area (Å²) in [5.74, 6) is -1.59. The summed E-state index contributed by atoms with van der Waals surface area (Å²) < 4.78 is 12.6. The van der Waals surface area contributed by atoms with Crippen LogP contribution >= 0.6 is 0 Å². The van der Waals surface area contributed by atoms with Crippen LogP contribution in [0.5, 0.6) is 0 Å². The molecule has 19 heavy (non-hydrogen) atoms. The molecular formula is C12H15FN2O4. The summed E-state index contributed by atoms with van der Waals surface area (Å²) in [4.78, 5) is 22.2. The van der Waals surface area contributed by atoms with Gasteiger partial charge in [-0.1, -0.05) is 12.1 Å². The van der Waals surface area contributed by atoms with Crippen molar-refractivity contribution in [2.45, 2.75) is 19.0 Å². The largest absolute Gasteiger partial charge is 0.480 e. The Morgan fingerprint density at radius 3 is 2.42 bits per heavy atom. The first-order chi connectivity index (χ1) is 9.02. The molecule has 4 N–H and O–H groups in total. The number of carboxylic acids is 1. The lowest BCUT2D eigenvalue weighted by Crippen LogP contribution is -2.46. The average Bonchev–Trinajstić information content (AvgIpc) is 2.37. The Morgan fingerprint density at radius 2 is 1.89 bits per heavy atom. The molecular weight excluding hydrogens is 255 g/mol. The highest BCUT2D eigenvalue weighted by atomic mass is 19.1. The maximum Gasteiger partial charge on any atom is 0.326 e. The SMILES string of the molecule is O=C(NCc1ccc(F)cc1)N[C@H](CCO)C(=O)O. The second-order valence-electron chi connectivity index (χ2n) is 3.86. The van der Waals surface area contributed by atoms with Crippen LogP contribution in [0.3, 0.4) is 0 Å². The van der Waals surface area contributed by atoms with Crippen LogP contribution in [0, 0.1) is 5.82 Å². The molecule has 1 aromatic carbocycles. The molecule has 0 aliphatic heterocycles. The van der Waals surface area contributed by atoms with Crippen molar-refractivity contribution in [2.75, 3.05) is 6.61 Å². The molecule has 0 aliphatic rings. The van der Waals surface area contributed by atoms with Gasteiger partial charge in [0.15, 0.2) is 0 Å². The lowest BCUT2D eigenvalue weighted by atomic mass is 10.2. The van der Waals surface area contributed by atoms with Crippen molar-refractivity contribution >= 4 is 12.0 Å². The first kappa shape index (κ1) is 14.9. The third-order valence-electron chi connectivity index (χ3n) is 2.39. The Bertz CT molecular complexity index is 436. The van der Waals surface area contributed by atoms with Crippen molar-refractivity contribution in [3.05, 3.63) is 35.6 Å². The molecule has 1 rings (SSSR count). The minimum absolute atomic E-state index is 0.0701. The Morgan fingerprint density at radius 1 is 1.26 bits per heavy atom. The molecule has 0 saturated heterocycles. The maximum absolute atomic E-state index is 12.6. The number of nitrogens with one attached hydrogen (secondary N) is 2. The molecule has 6 nitrogen and oxygen atoms in total. The lowest BCUT2D eigenvalue weighted by molar-refractivity contribution is -0.139. The van der Waals surface area contributed by atoms with Crippen LogP contribution in [0.1, 0.15) is 12.0 Å². The second-order valence-corrected chi connectivity index (χ2v) is 3.86. The number of urea groups is 1. The Hall–Kier alpha value is -2.15. The van der Waals surface area contributed by atoms with Crippen molar-refractivity contribution in [1.82, 2.24) is 10.6 Å². The third-order valence-corrected chi connectivity index (χ3v) is 2.39. The van der Waals surface area contributed by atoms with Gasteiger partial charge in [-0.25, -0.2) is 14.0 Å². The first-order valence-electron chi connectivity index (χ1n) is 5.65. The summed E-state index contributed by atoms with van der Waals surface area (Å²) in [6.45, 7) is -0.188. The van der Waals surface area contributed by atoms with Gasteiger partial charge >= 0.3 is 12.0 Å². The van der Waals surface area contributed by atoms with Crippen LogP contribution in [0.25, 0.3) is 0 Å². The molecule has 0 aromatic heterocycles. The van der Waals surface area contributed by atoms with Gasteiger partial charge < -0.3 is 20.8 Å². The molecule has 0 saturated carbocycles. The number of amides is 2. The summed E-state index contributed by atoms with van der Waals surface area (Å²) in [6.07, 6.45) is -0.0701. The second kappa shape index (κ2) is 7.32. The summed E-state index contributed by atoms with van der Waals surface area (Å²) in [6, 6.07) is 3.75. The van der Waals surface area contributed by atoms with E-state index in [1.54, 1.807) is 0 Å². The molecule has 0 aliphatic carbocycles. The smallest absolute Gasteiger partial charge is 0.326 e. The number of rotatable bonds is 6. The van der Waals surface area contributed by atoms with Gasteiger partial charge in [0.1, 0.15) is 11.9 Å². The topological polar surface area (TPSA) is 98.7 Å². The first-order valence-corrected chi connectivity index (χ1v) is 5.65. The van der Waals surface area contributed by atoms with Crippen molar-refractivity contribution in [3.8, 4) is 0 Å². The van der Waals surface area contributed by atoms with E-state index in [1.807, 2.05) is 0 Å². The standard InChI is InChI=1S/C12H15FN2O4/c13-9-3-1-8(2-4-9)7-14-12(19)15-10(5-6-16)11(17)18/h1-4,10,16H,5-7H2,(H,17,18)(H2,14,15,19)/t10-/m1/s1. The van der Waals surface area contributed by atoms with E-state index in [2.05, 4.69) is 10.6 Å². The summed E-state index contributed by atoms with van der Waals surface area (Å²) in [7, 11) is 0. The number of halogens is 1. The fraction of sp³-hybridized carbons (Fsp3) is 0.333. The zero-order chi connectivity index (χ0) is 14.3. The predicted octanol–water partition coefficient (Wildman–Crippen LogP) is 0.460. The van der Waals surface area contributed by atoms with Crippen molar-refractivity contribution in [3.63, 3.8) is 0 Å². The van der Waals surface area contributed by atoms with Gasteiger partial charge in [-0.15, -0.1) is 0 Å². The number of carboxylic acid groups (broad SMARTS) is 1. The lowest BCUT2D eigenvalue weighted by Gasteiger charge is -2.14. The number of aliphatic carboxylic acids is 1. The van der Waals surface area contributed by atoms with Crippen molar-refractivity contribution in [2.24, 2.45) is 0 Å². The number of hydrogen-bond acceptors (Lipinski definition) is 3. The molecule has 0 unspecified atom stereocenters. The van der Waals surface area contributed by atoms with E-state index in [0.717, 1.165) is 0 Å². The minimum atomic E-state index is -1.22. The molecule has 2 amide bonds. The number of aliphatic hydroxyl groups is 1. The van der Waals surface area contributed by atoms with Crippen LogP contribution in [-0.2, 0) is 11.3 Å². The van der Waals surface area contributed by atoms with Crippen LogP contribution in [-0.4, -0.2) is 34.9 Å². The molecule has 0 bridgehead atoms. The molecule has 1 atom stereocenters. The third kappa shape index (κ3) is 5.35. The number of aliphatic hydroxyl groups excluding tert-OH is 1. The van der Waals surface area contributed by atoms with E-state index in [9.17, 15) is 14.0 Å². The molecule has 0 fully saturated rings. The van der Waals surface area contributed by atoms with Gasteiger partial charge in [-0.05, 0) is 17.7 Å². The Balaban J connectivity index is 2.42. The number of carbonyl (C=O) groups excluding carboxylic acids is 1. The Labute approximate surface area is 109 Å². The summed E-state index contributed by atoms with van der Waals surface area (Å²) >= 11 is 0. The normalized spacial score (nSPS) is 11.7. The quantitative estimate of drug-likeness (QED) is 0.603. The number of hydrogen-bond donors (Lipinski definition) is 4. The zero-order valence-electron chi connectivity index (χ0n) is 10.1. The fourth-order valence-corrected chi connectivity index (χ4v) is 1.38. The fourth-order valence-electron chi connectivity index (χ4n) is 1.38. The van der Waals surface area contributed by atoms with Crippen LogP contribution in [0.15, 0.2) is 24.3 Å². The molecule has 0 heterocycles. The molecule has 7 heteroatoms. The monoisotopic (exact) mass is 270 g/mol. The number of carbonyl (C=O) groups is 2. The summed E-state index contributed by atoms with van der Waals surface area (Å²) in [5, 5.41) is 22.1. The van der Waals surface area contributed by atoms with E-state index in [1.165, 1.54) is 24.3 Å². The maximum atomic E-state index is 12.6. The van der Waals surface area contributed by atoms with Gasteiger partial charge in [-0.3, -0.25) is 0 Å². The van der Waals surface area contributed by atoms with Crippen molar-refractivity contribution < 1.29 is 24.2 Å². The van der Waals surface area contributed by atoms with Crippen LogP contribution in [0.4, 0.5) is 9.18 Å². The Kier molecular flexibility index (Phi) is 5.74. The summed E-state index contributed by atoms with van der Waals surface area (Å²) in [5.41, 5.74) is 0.686. The van der Waals surface area contributed by atoms with E-state index < -0.39 is 18.0 Å². The zero-order valence-corrected chi connectivity index (χ0v) is 10.1. The van der Waals surface area contributed by atoms with E-state index in [0.29, 0.717) is 5.56 Å². The van der Waals surface area contributed by atoms with Crippen LogP contribution in [0.2, 0.25) is 0 Å². The van der Waals surface area contributed by atoms with Gasteiger partial charge in [0.25, 0.3) is 0 Å². The molecule has 104 valence electrons. The van der Waals surface area contributed by atoms with Gasteiger partial charge in [0, 0.05) is 19.6 Å². The van der Waals surface area contributed by atoms with Gasteiger partial charge in [0.05, 0.1) is 0 Å². The highest BCUT2D eigenvalue weighted by Crippen LogP contribution is 2.02. The van der Waals surface area contributed by atoms with Crippen molar-refractivity contribution in [1.29, 1.82) is 0 Å². The molecule has 1 aromatic rings. The molecule has 0 spiro atoms. The van der Waals surface area contributed by atoms with Gasteiger partial charge in [-0.2, -0.15) is 0 Å². The van der Waals surface area contributed by atoms with E-state index >= 15 is 0 Å². The predicted molar refractivity (Wildman–Crippen MR) is 64.9 cm³/mol. The molecule has 0 radical (unpaired) electrons. The van der Waals surface area contributed by atoms with Crippen LogP contribution < -0.4 is 10.6 Å². The van der Waals surface area contributed by atoms with E-state index in [-0.39, 0.29) is 25.4 Å². The number of benzene rings is 1. The average molecular weight is 270 g/mol. The van der Waals surface area contributed by atoms with E-state index in [4.69, 9.17) is 10.2 Å². The highest BCUT2D eigenvalue weighted by molar-refractivity contribution is 5.82. The van der Waals surface area contributed by atoms with Gasteiger partial charge in [0.2, 0.25) is 0 Å².